The van der Waals surface area contributed by atoms with Crippen molar-refractivity contribution in [3.63, 3.8) is 0 Å². The van der Waals surface area contributed by atoms with E-state index in [0.717, 1.165) is 44.7 Å². The van der Waals surface area contributed by atoms with Crippen molar-refractivity contribution in [2.75, 3.05) is 16.9 Å². The van der Waals surface area contributed by atoms with E-state index in [4.69, 9.17) is 0 Å². The maximum Gasteiger partial charge on any atom is 0.257 e. The Hall–Kier alpha value is -3.04. The smallest absolute Gasteiger partial charge is 0.257 e. The number of benzene rings is 1. The second kappa shape index (κ2) is 8.99. The first-order valence-electron chi connectivity index (χ1n) is 9.93. The lowest BCUT2D eigenvalue weighted by Gasteiger charge is -2.13. The van der Waals surface area contributed by atoms with E-state index in [-0.39, 0.29) is 11.8 Å². The van der Waals surface area contributed by atoms with Crippen LogP contribution in [0.2, 0.25) is 0 Å². The van der Waals surface area contributed by atoms with Crippen molar-refractivity contribution in [2.45, 2.75) is 33.7 Å². The lowest BCUT2D eigenvalue weighted by molar-refractivity contribution is -0.119. The fourth-order valence-corrected chi connectivity index (χ4v) is 5.09. The largest absolute Gasteiger partial charge is 0.351 e. The zero-order chi connectivity index (χ0) is 22.0. The average Bonchev–Trinajstić information content (AvgIpc) is 3.46. The van der Waals surface area contributed by atoms with Crippen LogP contribution >= 0.6 is 22.7 Å². The summed E-state index contributed by atoms with van der Waals surface area (Å²) in [5, 5.41) is 12.7. The minimum Gasteiger partial charge on any atom is -0.351 e. The molecule has 1 aromatic carbocycles. The van der Waals surface area contributed by atoms with Gasteiger partial charge in [0.25, 0.3) is 5.91 Å². The fraction of sp³-hybridized carbons (Fsp3) is 0.273. The highest BCUT2D eigenvalue weighted by Gasteiger charge is 2.16. The van der Waals surface area contributed by atoms with Gasteiger partial charge in [-0.25, -0.2) is 4.98 Å². The van der Waals surface area contributed by atoms with Crippen LogP contribution in [0.5, 0.6) is 0 Å². The van der Waals surface area contributed by atoms with Gasteiger partial charge in [0.15, 0.2) is 5.13 Å². The van der Waals surface area contributed by atoms with Gasteiger partial charge in [0.2, 0.25) is 5.91 Å². The predicted molar refractivity (Wildman–Crippen MR) is 127 cm³/mol. The van der Waals surface area contributed by atoms with Gasteiger partial charge in [0.1, 0.15) is 0 Å². The molecule has 0 spiro atoms. The Morgan fingerprint density at radius 3 is 2.55 bits per heavy atom. The number of hydrazone groups is 1. The summed E-state index contributed by atoms with van der Waals surface area (Å²) >= 11 is 3.04. The molecule has 1 aliphatic heterocycles. The van der Waals surface area contributed by atoms with Gasteiger partial charge in [-0.3, -0.25) is 19.9 Å². The zero-order valence-electron chi connectivity index (χ0n) is 17.6. The number of nitrogens with zero attached hydrogens (tertiary/aromatic N) is 3. The second-order valence-corrected chi connectivity index (χ2v) is 9.68. The normalized spacial score (nSPS) is 13.3. The third-order valence-corrected chi connectivity index (χ3v) is 6.81. The topological polar surface area (TPSA) is 86.7 Å². The maximum atomic E-state index is 12.7. The van der Waals surface area contributed by atoms with E-state index in [2.05, 4.69) is 20.7 Å². The van der Waals surface area contributed by atoms with Gasteiger partial charge >= 0.3 is 0 Å². The SMILES string of the molecule is CC(=O)NCc1ccc(-c2nc(NC(=O)c3ccc(N4CCC(C)=N4)cc3)sc2C)s1. The quantitative estimate of drug-likeness (QED) is 0.569. The zero-order valence-corrected chi connectivity index (χ0v) is 19.2. The first kappa shape index (κ1) is 21.2. The molecule has 0 saturated carbocycles. The molecule has 2 amide bonds. The van der Waals surface area contributed by atoms with Crippen molar-refractivity contribution >= 4 is 51.0 Å². The summed E-state index contributed by atoms with van der Waals surface area (Å²) in [6.07, 6.45) is 0.965. The van der Waals surface area contributed by atoms with Crippen LogP contribution in [0.25, 0.3) is 10.6 Å². The fourth-order valence-electron chi connectivity index (χ4n) is 3.21. The molecular weight excluding hydrogens is 430 g/mol. The summed E-state index contributed by atoms with van der Waals surface area (Å²) in [4.78, 5) is 31.5. The van der Waals surface area contributed by atoms with Crippen molar-refractivity contribution in [1.82, 2.24) is 10.3 Å². The van der Waals surface area contributed by atoms with Crippen molar-refractivity contribution in [3.8, 4) is 10.6 Å². The van der Waals surface area contributed by atoms with Gasteiger partial charge in [-0.1, -0.05) is 0 Å². The summed E-state index contributed by atoms with van der Waals surface area (Å²) in [6.45, 7) is 6.89. The first-order chi connectivity index (χ1) is 14.9. The molecule has 9 heteroatoms. The Labute approximate surface area is 188 Å². The molecule has 31 heavy (non-hydrogen) atoms. The maximum absolute atomic E-state index is 12.7. The number of thiophene rings is 1. The molecule has 3 heterocycles. The number of aromatic nitrogens is 1. The van der Waals surface area contributed by atoms with Crippen LogP contribution in [0, 0.1) is 6.92 Å². The number of thiazole rings is 1. The third kappa shape index (κ3) is 5.00. The van der Waals surface area contributed by atoms with Crippen LogP contribution in [-0.4, -0.2) is 29.1 Å². The molecule has 0 aliphatic carbocycles. The minimum absolute atomic E-state index is 0.0545. The van der Waals surface area contributed by atoms with Crippen molar-refractivity contribution in [3.05, 3.63) is 51.7 Å². The Morgan fingerprint density at radius 2 is 1.87 bits per heavy atom. The Bertz CT molecular complexity index is 1150. The molecule has 4 rings (SSSR count). The van der Waals surface area contributed by atoms with Crippen molar-refractivity contribution in [2.24, 2.45) is 5.10 Å². The van der Waals surface area contributed by atoms with Gasteiger partial charge in [-0.15, -0.1) is 22.7 Å². The number of hydrogen-bond donors (Lipinski definition) is 2. The molecule has 1 aliphatic rings. The van der Waals surface area contributed by atoms with E-state index < -0.39 is 0 Å². The first-order valence-corrected chi connectivity index (χ1v) is 11.6. The Morgan fingerprint density at radius 1 is 1.10 bits per heavy atom. The summed E-state index contributed by atoms with van der Waals surface area (Å²) in [6, 6.07) is 11.4. The molecule has 7 nitrogen and oxygen atoms in total. The summed E-state index contributed by atoms with van der Waals surface area (Å²) in [7, 11) is 0. The molecule has 0 atom stereocenters. The summed E-state index contributed by atoms with van der Waals surface area (Å²) < 4.78 is 0. The number of carbonyl (C=O) groups is 2. The minimum atomic E-state index is -0.189. The number of nitrogens with one attached hydrogen (secondary N) is 2. The van der Waals surface area contributed by atoms with E-state index in [1.807, 2.05) is 55.3 Å². The number of carbonyl (C=O) groups excluding carboxylic acids is 2. The van der Waals surface area contributed by atoms with E-state index in [1.54, 1.807) is 11.3 Å². The number of aryl methyl sites for hydroxylation is 1. The van der Waals surface area contributed by atoms with E-state index in [9.17, 15) is 9.59 Å². The van der Waals surface area contributed by atoms with Gasteiger partial charge in [0.05, 0.1) is 22.8 Å². The number of hydrogen-bond acceptors (Lipinski definition) is 7. The Kier molecular flexibility index (Phi) is 6.15. The van der Waals surface area contributed by atoms with Gasteiger partial charge in [0, 0.05) is 40.9 Å². The lowest BCUT2D eigenvalue weighted by atomic mass is 10.2. The molecule has 0 unspecified atom stereocenters. The Balaban J connectivity index is 1.43. The molecule has 0 bridgehead atoms. The molecular formula is C22H23N5O2S2. The van der Waals surface area contributed by atoms with E-state index in [0.29, 0.717) is 17.2 Å². The lowest BCUT2D eigenvalue weighted by Crippen LogP contribution is -2.17. The van der Waals surface area contributed by atoms with Crippen molar-refractivity contribution in [1.29, 1.82) is 0 Å². The van der Waals surface area contributed by atoms with Crippen LogP contribution in [0.1, 0.15) is 40.4 Å². The monoisotopic (exact) mass is 453 g/mol. The molecule has 2 aromatic heterocycles. The van der Waals surface area contributed by atoms with E-state index >= 15 is 0 Å². The standard InChI is InChI=1S/C22H23N5O2S2/c1-13-10-11-27(26-13)17-6-4-16(5-7-17)21(29)25-22-24-20(14(2)30-22)19-9-8-18(31-19)12-23-15(3)28/h4-9H,10-12H2,1-3H3,(H,23,28)(H,24,25,29). The predicted octanol–water partition coefficient (Wildman–Crippen LogP) is 4.65. The molecule has 160 valence electrons. The second-order valence-electron chi connectivity index (χ2n) is 7.31. The number of anilines is 2. The average molecular weight is 454 g/mol. The van der Waals surface area contributed by atoms with Crippen LogP contribution in [0.3, 0.4) is 0 Å². The highest BCUT2D eigenvalue weighted by Crippen LogP contribution is 2.35. The number of amides is 2. The van der Waals surface area contributed by atoms with Crippen LogP contribution in [0.15, 0.2) is 41.5 Å². The van der Waals surface area contributed by atoms with Crippen LogP contribution in [0.4, 0.5) is 10.8 Å². The molecule has 0 fully saturated rings. The van der Waals surface area contributed by atoms with Gasteiger partial charge < -0.3 is 5.32 Å². The van der Waals surface area contributed by atoms with Crippen molar-refractivity contribution < 1.29 is 9.59 Å². The van der Waals surface area contributed by atoms with Crippen LogP contribution in [-0.2, 0) is 11.3 Å². The molecule has 0 radical (unpaired) electrons. The van der Waals surface area contributed by atoms with E-state index in [1.165, 1.54) is 18.3 Å². The highest BCUT2D eigenvalue weighted by molar-refractivity contribution is 7.18. The molecule has 3 aromatic rings. The summed E-state index contributed by atoms with van der Waals surface area (Å²) in [5.74, 6) is -0.244. The molecule has 0 saturated heterocycles. The highest BCUT2D eigenvalue weighted by atomic mass is 32.1. The van der Waals surface area contributed by atoms with Gasteiger partial charge in [-0.2, -0.15) is 5.10 Å². The van der Waals surface area contributed by atoms with Crippen LogP contribution < -0.4 is 15.6 Å². The third-order valence-electron chi connectivity index (χ3n) is 4.83. The molecule has 2 N–H and O–H groups in total. The number of rotatable bonds is 6. The van der Waals surface area contributed by atoms with Gasteiger partial charge in [-0.05, 0) is 50.2 Å². The summed E-state index contributed by atoms with van der Waals surface area (Å²) in [5.41, 5.74) is 3.53.